The number of carbonyl (C=O) groups excluding carboxylic acids is 3. The zero-order chi connectivity index (χ0) is 25.9. The summed E-state index contributed by atoms with van der Waals surface area (Å²) in [5.74, 6) is -0.945. The molecular weight excluding hydrogens is 530 g/mol. The van der Waals surface area contributed by atoms with Gasteiger partial charge in [-0.2, -0.15) is 5.10 Å². The standard InChI is InChI=1S/C26H24BrN3O6/c1-3-14-35-22-9-4-17(5-10-22)26(33)36-23-13-6-19(27)15-18(23)16-28-30-25(32)24(31)29-20-7-11-21(34-2)12-8-20/h4-13,15-16H,3,14H2,1-2H3,(H,29,31)(H,30,32)/b28-16+. The van der Waals surface area contributed by atoms with E-state index in [4.69, 9.17) is 14.2 Å². The molecule has 0 aliphatic carbocycles. The van der Waals surface area contributed by atoms with Crippen LogP contribution in [0.4, 0.5) is 5.69 Å². The molecule has 0 spiro atoms. The van der Waals surface area contributed by atoms with Crippen LogP contribution < -0.4 is 25.0 Å². The number of rotatable bonds is 9. The summed E-state index contributed by atoms with van der Waals surface area (Å²) in [6, 6.07) is 18.0. The molecule has 10 heteroatoms. The maximum Gasteiger partial charge on any atom is 0.343 e. The van der Waals surface area contributed by atoms with E-state index in [0.29, 0.717) is 39.4 Å². The second-order valence-electron chi connectivity index (χ2n) is 7.33. The number of anilines is 1. The van der Waals surface area contributed by atoms with E-state index in [1.54, 1.807) is 66.7 Å². The molecule has 0 fully saturated rings. The maximum absolute atomic E-state index is 12.6. The van der Waals surface area contributed by atoms with Crippen LogP contribution in [0.15, 0.2) is 76.3 Å². The highest BCUT2D eigenvalue weighted by molar-refractivity contribution is 9.10. The molecule has 0 radical (unpaired) electrons. The zero-order valence-corrected chi connectivity index (χ0v) is 21.2. The van der Waals surface area contributed by atoms with Crippen molar-refractivity contribution in [1.82, 2.24) is 5.43 Å². The minimum atomic E-state index is -0.971. The Bertz CT molecular complexity index is 1240. The van der Waals surface area contributed by atoms with Gasteiger partial charge in [-0.05, 0) is 73.2 Å². The van der Waals surface area contributed by atoms with E-state index >= 15 is 0 Å². The van der Waals surface area contributed by atoms with Crippen molar-refractivity contribution in [3.8, 4) is 17.2 Å². The van der Waals surface area contributed by atoms with Crippen LogP contribution >= 0.6 is 15.9 Å². The SMILES string of the molecule is CCCOc1ccc(C(=O)Oc2ccc(Br)cc2/C=N/NC(=O)C(=O)Nc2ccc(OC)cc2)cc1. The van der Waals surface area contributed by atoms with E-state index in [1.165, 1.54) is 13.3 Å². The van der Waals surface area contributed by atoms with Gasteiger partial charge in [0.15, 0.2) is 0 Å². The number of hydrazone groups is 1. The lowest BCUT2D eigenvalue weighted by Gasteiger charge is -2.09. The van der Waals surface area contributed by atoms with E-state index in [0.717, 1.165) is 6.42 Å². The lowest BCUT2D eigenvalue weighted by atomic mass is 10.2. The van der Waals surface area contributed by atoms with Gasteiger partial charge in [-0.15, -0.1) is 0 Å². The number of halogens is 1. The number of ether oxygens (including phenoxy) is 3. The summed E-state index contributed by atoms with van der Waals surface area (Å²) in [6.07, 6.45) is 2.15. The molecule has 0 atom stereocenters. The van der Waals surface area contributed by atoms with Crippen molar-refractivity contribution in [3.63, 3.8) is 0 Å². The molecule has 186 valence electrons. The molecule has 0 aliphatic heterocycles. The molecule has 0 saturated carbocycles. The van der Waals surface area contributed by atoms with Crippen molar-refractivity contribution >= 4 is 45.6 Å². The lowest BCUT2D eigenvalue weighted by molar-refractivity contribution is -0.136. The van der Waals surface area contributed by atoms with Crippen LogP contribution in [-0.4, -0.2) is 37.7 Å². The average molecular weight is 554 g/mol. The highest BCUT2D eigenvalue weighted by Gasteiger charge is 2.14. The number of nitrogens with zero attached hydrogens (tertiary/aromatic N) is 1. The monoisotopic (exact) mass is 553 g/mol. The number of amides is 2. The molecule has 36 heavy (non-hydrogen) atoms. The Labute approximate surface area is 216 Å². The first-order valence-corrected chi connectivity index (χ1v) is 11.7. The van der Waals surface area contributed by atoms with Gasteiger partial charge in [-0.1, -0.05) is 22.9 Å². The third-order valence-electron chi connectivity index (χ3n) is 4.66. The average Bonchev–Trinajstić information content (AvgIpc) is 2.89. The van der Waals surface area contributed by atoms with Crippen molar-refractivity contribution in [2.75, 3.05) is 19.0 Å². The summed E-state index contributed by atoms with van der Waals surface area (Å²) in [4.78, 5) is 36.8. The highest BCUT2D eigenvalue weighted by atomic mass is 79.9. The van der Waals surface area contributed by atoms with E-state index in [9.17, 15) is 14.4 Å². The Hall–Kier alpha value is -4.18. The number of hydrogen-bond donors (Lipinski definition) is 2. The van der Waals surface area contributed by atoms with Gasteiger partial charge < -0.3 is 19.5 Å². The normalized spacial score (nSPS) is 10.5. The molecule has 0 bridgehead atoms. The second kappa shape index (κ2) is 13.1. The van der Waals surface area contributed by atoms with Gasteiger partial charge in [0, 0.05) is 15.7 Å². The Morgan fingerprint density at radius 1 is 0.944 bits per heavy atom. The van der Waals surface area contributed by atoms with Gasteiger partial charge in [0.05, 0.1) is 25.5 Å². The third kappa shape index (κ3) is 7.67. The van der Waals surface area contributed by atoms with Crippen LogP contribution in [0.5, 0.6) is 17.2 Å². The van der Waals surface area contributed by atoms with Gasteiger partial charge >= 0.3 is 17.8 Å². The lowest BCUT2D eigenvalue weighted by Crippen LogP contribution is -2.32. The first kappa shape index (κ1) is 26.4. The Kier molecular flexibility index (Phi) is 9.58. The van der Waals surface area contributed by atoms with Crippen LogP contribution in [-0.2, 0) is 9.59 Å². The van der Waals surface area contributed by atoms with Gasteiger partial charge in [0.25, 0.3) is 0 Å². The zero-order valence-electron chi connectivity index (χ0n) is 19.6. The van der Waals surface area contributed by atoms with Crippen molar-refractivity contribution in [2.45, 2.75) is 13.3 Å². The summed E-state index contributed by atoms with van der Waals surface area (Å²) in [6.45, 7) is 2.60. The highest BCUT2D eigenvalue weighted by Crippen LogP contribution is 2.23. The van der Waals surface area contributed by atoms with Gasteiger partial charge in [-0.3, -0.25) is 9.59 Å². The Morgan fingerprint density at radius 3 is 2.31 bits per heavy atom. The molecule has 0 aliphatic rings. The number of benzene rings is 3. The molecule has 2 N–H and O–H groups in total. The molecule has 3 aromatic carbocycles. The second-order valence-corrected chi connectivity index (χ2v) is 8.24. The molecule has 3 aromatic rings. The van der Waals surface area contributed by atoms with Crippen LogP contribution in [0.1, 0.15) is 29.3 Å². The Balaban J connectivity index is 1.62. The summed E-state index contributed by atoms with van der Waals surface area (Å²) in [7, 11) is 1.53. The van der Waals surface area contributed by atoms with Gasteiger partial charge in [0.1, 0.15) is 17.2 Å². The summed E-state index contributed by atoms with van der Waals surface area (Å²) < 4.78 is 16.8. The molecule has 0 aromatic heterocycles. The minimum absolute atomic E-state index is 0.218. The summed E-state index contributed by atoms with van der Waals surface area (Å²) in [5, 5.41) is 6.27. The fourth-order valence-electron chi connectivity index (χ4n) is 2.85. The predicted molar refractivity (Wildman–Crippen MR) is 139 cm³/mol. The van der Waals surface area contributed by atoms with Crippen LogP contribution in [0.3, 0.4) is 0 Å². The molecular formula is C26H24BrN3O6. The number of hydrogen-bond acceptors (Lipinski definition) is 7. The molecule has 0 heterocycles. The molecule has 0 unspecified atom stereocenters. The van der Waals surface area contributed by atoms with Gasteiger partial charge in [0.2, 0.25) is 0 Å². The van der Waals surface area contributed by atoms with Crippen molar-refractivity contribution < 1.29 is 28.6 Å². The van der Waals surface area contributed by atoms with E-state index in [-0.39, 0.29) is 5.75 Å². The largest absolute Gasteiger partial charge is 0.497 e. The quantitative estimate of drug-likeness (QED) is 0.132. The maximum atomic E-state index is 12.6. The topological polar surface area (TPSA) is 115 Å². The minimum Gasteiger partial charge on any atom is -0.497 e. The fourth-order valence-corrected chi connectivity index (χ4v) is 3.23. The van der Waals surface area contributed by atoms with Crippen molar-refractivity contribution in [1.29, 1.82) is 0 Å². The first-order chi connectivity index (χ1) is 17.4. The third-order valence-corrected chi connectivity index (χ3v) is 5.15. The number of nitrogens with one attached hydrogen (secondary N) is 2. The van der Waals surface area contributed by atoms with Gasteiger partial charge in [-0.25, -0.2) is 10.2 Å². The molecule has 3 rings (SSSR count). The summed E-state index contributed by atoms with van der Waals surface area (Å²) >= 11 is 3.35. The smallest absolute Gasteiger partial charge is 0.343 e. The van der Waals surface area contributed by atoms with Crippen LogP contribution in [0, 0.1) is 0 Å². The molecule has 2 amide bonds. The Morgan fingerprint density at radius 2 is 1.64 bits per heavy atom. The summed E-state index contributed by atoms with van der Waals surface area (Å²) in [5.41, 5.74) is 3.32. The van der Waals surface area contributed by atoms with E-state index < -0.39 is 17.8 Å². The van der Waals surface area contributed by atoms with Crippen LogP contribution in [0.25, 0.3) is 0 Å². The fraction of sp³-hybridized carbons (Fsp3) is 0.154. The molecule has 9 nitrogen and oxygen atoms in total. The first-order valence-electron chi connectivity index (χ1n) is 10.9. The van der Waals surface area contributed by atoms with Crippen molar-refractivity contribution in [3.05, 3.63) is 82.3 Å². The van der Waals surface area contributed by atoms with E-state index in [2.05, 4.69) is 31.8 Å². The number of carbonyl (C=O) groups is 3. The van der Waals surface area contributed by atoms with E-state index in [1.807, 2.05) is 6.92 Å². The van der Waals surface area contributed by atoms with Crippen LogP contribution in [0.2, 0.25) is 0 Å². The number of esters is 1. The predicted octanol–water partition coefficient (Wildman–Crippen LogP) is 4.55. The number of methoxy groups -OCH3 is 1. The van der Waals surface area contributed by atoms with Crippen molar-refractivity contribution in [2.24, 2.45) is 5.10 Å². The molecule has 0 saturated heterocycles.